The van der Waals surface area contributed by atoms with Crippen LogP contribution in [0.5, 0.6) is 0 Å². The number of fused-ring (bicyclic) bond motifs is 1. The summed E-state index contributed by atoms with van der Waals surface area (Å²) in [5.74, 6) is -0.779. The highest BCUT2D eigenvalue weighted by Crippen LogP contribution is 2.22. The number of carbonyl (C=O) groups excluding carboxylic acids is 1. The Hall–Kier alpha value is -2.30. The summed E-state index contributed by atoms with van der Waals surface area (Å²) in [6.07, 6.45) is 4.56. The van der Waals surface area contributed by atoms with E-state index in [1.165, 1.54) is 10.9 Å². The van der Waals surface area contributed by atoms with E-state index in [-0.39, 0.29) is 12.3 Å². The number of unbranched alkanes of at least 4 members (excludes halogenated alkanes) is 1. The Morgan fingerprint density at radius 2 is 2.05 bits per heavy atom. The molecule has 0 fully saturated rings. The van der Waals surface area contributed by atoms with Crippen molar-refractivity contribution in [3.63, 3.8) is 0 Å². The average Bonchev–Trinajstić information content (AvgIpc) is 2.89. The molecular formula is C17H22N2O3. The molecule has 1 aromatic carbocycles. The topological polar surface area (TPSA) is 82.2 Å². The highest BCUT2D eigenvalue weighted by atomic mass is 16.4. The van der Waals surface area contributed by atoms with Crippen LogP contribution in [0.25, 0.3) is 10.9 Å². The summed E-state index contributed by atoms with van der Waals surface area (Å²) in [6, 6.07) is 6.15. The first-order valence-corrected chi connectivity index (χ1v) is 7.62. The number of benzene rings is 1. The number of para-hydroxylation sites is 1. The molecule has 0 aliphatic heterocycles. The number of hydrogen-bond donors (Lipinski definition) is 3. The van der Waals surface area contributed by atoms with Crippen molar-refractivity contribution in [1.29, 1.82) is 0 Å². The minimum atomic E-state index is -0.791. The fourth-order valence-electron chi connectivity index (χ4n) is 2.54. The first-order chi connectivity index (χ1) is 10.6. The molecule has 1 heterocycles. The molecule has 0 bridgehead atoms. The number of hydrogen-bond acceptors (Lipinski definition) is 2. The molecular weight excluding hydrogens is 280 g/mol. The van der Waals surface area contributed by atoms with E-state index >= 15 is 0 Å². The van der Waals surface area contributed by atoms with Gasteiger partial charge in [-0.1, -0.05) is 18.2 Å². The van der Waals surface area contributed by atoms with Gasteiger partial charge in [-0.05, 0) is 37.3 Å². The number of nitrogens with one attached hydrogen (secondary N) is 2. The van der Waals surface area contributed by atoms with Gasteiger partial charge in [-0.3, -0.25) is 9.59 Å². The van der Waals surface area contributed by atoms with Crippen LogP contribution in [-0.4, -0.2) is 28.5 Å². The lowest BCUT2D eigenvalue weighted by molar-refractivity contribution is -0.137. The Labute approximate surface area is 129 Å². The Bertz CT molecular complexity index is 661. The minimum Gasteiger partial charge on any atom is -0.481 e. The monoisotopic (exact) mass is 302 g/mol. The van der Waals surface area contributed by atoms with Gasteiger partial charge in [-0.2, -0.15) is 0 Å². The smallest absolute Gasteiger partial charge is 0.303 e. The van der Waals surface area contributed by atoms with Gasteiger partial charge in [0, 0.05) is 36.5 Å². The summed E-state index contributed by atoms with van der Waals surface area (Å²) in [5.41, 5.74) is 3.48. The van der Waals surface area contributed by atoms with Gasteiger partial charge < -0.3 is 15.4 Å². The summed E-state index contributed by atoms with van der Waals surface area (Å²) in [4.78, 5) is 25.4. The van der Waals surface area contributed by atoms with E-state index in [9.17, 15) is 9.59 Å². The van der Waals surface area contributed by atoms with Crippen LogP contribution < -0.4 is 5.32 Å². The van der Waals surface area contributed by atoms with E-state index in [1.807, 2.05) is 12.3 Å². The molecule has 0 saturated carbocycles. The van der Waals surface area contributed by atoms with Crippen LogP contribution in [-0.2, 0) is 16.0 Å². The van der Waals surface area contributed by atoms with Gasteiger partial charge >= 0.3 is 5.97 Å². The number of aromatic nitrogens is 1. The fraction of sp³-hybridized carbons (Fsp3) is 0.412. The van der Waals surface area contributed by atoms with Crippen molar-refractivity contribution in [2.45, 2.75) is 39.0 Å². The van der Waals surface area contributed by atoms with Crippen molar-refractivity contribution in [3.05, 3.63) is 35.5 Å². The molecule has 5 heteroatoms. The average molecular weight is 302 g/mol. The van der Waals surface area contributed by atoms with Crippen molar-refractivity contribution in [2.24, 2.45) is 0 Å². The maximum atomic E-state index is 11.8. The highest BCUT2D eigenvalue weighted by Gasteiger charge is 2.08. The molecule has 3 N–H and O–H groups in total. The highest BCUT2D eigenvalue weighted by molar-refractivity contribution is 5.86. The van der Waals surface area contributed by atoms with Crippen molar-refractivity contribution in [1.82, 2.24) is 10.3 Å². The normalized spacial score (nSPS) is 10.8. The number of carbonyl (C=O) groups is 2. The lowest BCUT2D eigenvalue weighted by Gasteiger charge is -2.04. The van der Waals surface area contributed by atoms with E-state index in [1.54, 1.807) is 0 Å². The van der Waals surface area contributed by atoms with Crippen LogP contribution in [0.1, 0.15) is 36.8 Å². The predicted octanol–water partition coefficient (Wildman–Crippen LogP) is 2.78. The molecule has 0 radical (unpaired) electrons. The number of H-pyrrole nitrogens is 1. The third-order valence-electron chi connectivity index (χ3n) is 3.77. The van der Waals surface area contributed by atoms with Gasteiger partial charge in [-0.15, -0.1) is 0 Å². The molecule has 5 nitrogen and oxygen atoms in total. The molecule has 2 aromatic rings. The van der Waals surface area contributed by atoms with Crippen molar-refractivity contribution in [2.75, 3.05) is 6.54 Å². The van der Waals surface area contributed by atoms with E-state index in [0.29, 0.717) is 32.2 Å². The van der Waals surface area contributed by atoms with Crippen LogP contribution in [0.3, 0.4) is 0 Å². The van der Waals surface area contributed by atoms with Gasteiger partial charge in [0.1, 0.15) is 0 Å². The first kappa shape index (κ1) is 16.1. The van der Waals surface area contributed by atoms with Crippen molar-refractivity contribution >= 4 is 22.8 Å². The SMILES string of the molecule is Cc1cccc2c(CCC(=O)NCCCCC(=O)O)c[nH]c12. The molecule has 0 spiro atoms. The molecule has 22 heavy (non-hydrogen) atoms. The molecule has 0 atom stereocenters. The fourth-order valence-corrected chi connectivity index (χ4v) is 2.54. The summed E-state index contributed by atoms with van der Waals surface area (Å²) in [5, 5.41) is 12.5. The van der Waals surface area contributed by atoms with Gasteiger partial charge in [0.25, 0.3) is 0 Å². The van der Waals surface area contributed by atoms with E-state index in [4.69, 9.17) is 5.11 Å². The van der Waals surface area contributed by atoms with E-state index in [2.05, 4.69) is 29.4 Å². The first-order valence-electron chi connectivity index (χ1n) is 7.62. The van der Waals surface area contributed by atoms with Crippen LogP contribution >= 0.6 is 0 Å². The maximum absolute atomic E-state index is 11.8. The molecule has 0 unspecified atom stereocenters. The predicted molar refractivity (Wildman–Crippen MR) is 85.9 cm³/mol. The van der Waals surface area contributed by atoms with Crippen molar-refractivity contribution in [3.8, 4) is 0 Å². The summed E-state index contributed by atoms with van der Waals surface area (Å²) in [6.45, 7) is 2.60. The third kappa shape index (κ3) is 4.35. The van der Waals surface area contributed by atoms with Crippen LogP contribution in [0.15, 0.2) is 24.4 Å². The second-order valence-corrected chi connectivity index (χ2v) is 5.51. The van der Waals surface area contributed by atoms with Crippen LogP contribution in [0.2, 0.25) is 0 Å². The summed E-state index contributed by atoms with van der Waals surface area (Å²) >= 11 is 0. The Kier molecular flexibility index (Phi) is 5.58. The summed E-state index contributed by atoms with van der Waals surface area (Å²) in [7, 11) is 0. The molecule has 2 rings (SSSR count). The summed E-state index contributed by atoms with van der Waals surface area (Å²) < 4.78 is 0. The standard InChI is InChI=1S/C17H22N2O3/c1-12-5-4-6-14-13(11-19-17(12)14)8-9-15(20)18-10-3-2-7-16(21)22/h4-6,11,19H,2-3,7-10H2,1H3,(H,18,20)(H,21,22). The van der Waals surface area contributed by atoms with E-state index < -0.39 is 5.97 Å². The molecule has 0 aliphatic rings. The number of amides is 1. The molecule has 0 aliphatic carbocycles. The molecule has 0 saturated heterocycles. The van der Waals surface area contributed by atoms with Gasteiger partial charge in [0.05, 0.1) is 0 Å². The van der Waals surface area contributed by atoms with Gasteiger partial charge in [0.2, 0.25) is 5.91 Å². The quantitative estimate of drug-likeness (QED) is 0.656. The number of aliphatic carboxylic acids is 1. The zero-order valence-corrected chi connectivity index (χ0v) is 12.8. The largest absolute Gasteiger partial charge is 0.481 e. The van der Waals surface area contributed by atoms with Gasteiger partial charge in [0.15, 0.2) is 0 Å². The Morgan fingerprint density at radius 3 is 2.82 bits per heavy atom. The third-order valence-corrected chi connectivity index (χ3v) is 3.77. The zero-order chi connectivity index (χ0) is 15.9. The second-order valence-electron chi connectivity index (χ2n) is 5.51. The zero-order valence-electron chi connectivity index (χ0n) is 12.8. The molecule has 1 amide bonds. The van der Waals surface area contributed by atoms with Crippen molar-refractivity contribution < 1.29 is 14.7 Å². The maximum Gasteiger partial charge on any atom is 0.303 e. The van der Waals surface area contributed by atoms with Crippen LogP contribution in [0.4, 0.5) is 0 Å². The minimum absolute atomic E-state index is 0.0114. The molecule has 1 aromatic heterocycles. The van der Waals surface area contributed by atoms with E-state index in [0.717, 1.165) is 11.1 Å². The van der Waals surface area contributed by atoms with Crippen LogP contribution in [0, 0.1) is 6.92 Å². The lowest BCUT2D eigenvalue weighted by atomic mass is 10.1. The number of rotatable bonds is 8. The number of carboxylic acid groups (broad SMARTS) is 1. The Morgan fingerprint density at radius 1 is 1.23 bits per heavy atom. The second kappa shape index (κ2) is 7.64. The number of aromatic amines is 1. The van der Waals surface area contributed by atoms with Gasteiger partial charge in [-0.25, -0.2) is 0 Å². The Balaban J connectivity index is 1.76. The number of aryl methyl sites for hydroxylation is 2. The number of carboxylic acids is 1. The lowest BCUT2D eigenvalue weighted by Crippen LogP contribution is -2.24. The molecule has 118 valence electrons.